The number of carbonyl (C=O) groups excluding carboxylic acids is 1. The van der Waals surface area contributed by atoms with E-state index >= 15 is 0 Å². The fraction of sp³-hybridized carbons (Fsp3) is 0.375. The Morgan fingerprint density at radius 1 is 1.29 bits per heavy atom. The highest BCUT2D eigenvalue weighted by Crippen LogP contribution is 2.20. The summed E-state index contributed by atoms with van der Waals surface area (Å²) in [5, 5.41) is 7.42. The quantitative estimate of drug-likeness (QED) is 0.900. The third-order valence-electron chi connectivity index (χ3n) is 3.71. The summed E-state index contributed by atoms with van der Waals surface area (Å²) in [4.78, 5) is 12.1. The third kappa shape index (κ3) is 3.73. The Hall–Kier alpha value is -1.62. The number of nitrogens with zero attached hydrogens (tertiary/aromatic N) is 2. The molecule has 1 atom stereocenters. The van der Waals surface area contributed by atoms with Crippen LogP contribution in [0, 0.1) is 20.8 Å². The minimum Gasteiger partial charge on any atom is -0.326 e. The van der Waals surface area contributed by atoms with Crippen LogP contribution in [0.1, 0.15) is 36.3 Å². The molecule has 1 aromatic heterocycles. The predicted molar refractivity (Wildman–Crippen MR) is 88.5 cm³/mol. The minimum atomic E-state index is -0.00460. The zero-order valence-electron chi connectivity index (χ0n) is 12.8. The van der Waals surface area contributed by atoms with Crippen LogP contribution in [0.3, 0.4) is 0 Å². The molecule has 2 aromatic rings. The zero-order chi connectivity index (χ0) is 15.6. The Morgan fingerprint density at radius 2 is 1.90 bits per heavy atom. The largest absolute Gasteiger partial charge is 0.326 e. The first-order chi connectivity index (χ1) is 9.88. The zero-order valence-corrected chi connectivity index (χ0v) is 14.4. The van der Waals surface area contributed by atoms with E-state index in [2.05, 4.69) is 33.3 Å². The number of rotatable bonds is 4. The molecule has 0 unspecified atom stereocenters. The Kier molecular flexibility index (Phi) is 4.83. The molecule has 2 rings (SSSR count). The smallest absolute Gasteiger partial charge is 0.226 e. The fourth-order valence-corrected chi connectivity index (χ4v) is 2.54. The second-order valence-electron chi connectivity index (χ2n) is 5.35. The normalized spacial score (nSPS) is 12.2. The standard InChI is InChI=1S/C16H20BrN3O/c1-10(20-13(4)11(2)12(3)19-20)9-16(21)18-15-7-5-14(17)6-8-15/h5-8,10H,9H2,1-4H3,(H,18,21)/t10-/m0/s1. The van der Waals surface area contributed by atoms with Gasteiger partial charge in [0.15, 0.2) is 0 Å². The van der Waals surface area contributed by atoms with Gasteiger partial charge in [0.05, 0.1) is 11.7 Å². The Bertz CT molecular complexity index is 646. The lowest BCUT2D eigenvalue weighted by atomic mass is 10.2. The molecule has 0 aliphatic carbocycles. The molecule has 0 saturated carbocycles. The topological polar surface area (TPSA) is 46.9 Å². The Balaban J connectivity index is 2.01. The van der Waals surface area contributed by atoms with Gasteiger partial charge < -0.3 is 5.32 Å². The highest BCUT2D eigenvalue weighted by Gasteiger charge is 2.16. The Labute approximate surface area is 133 Å². The number of hydrogen-bond acceptors (Lipinski definition) is 2. The summed E-state index contributed by atoms with van der Waals surface area (Å²) in [6, 6.07) is 7.60. The number of nitrogens with one attached hydrogen (secondary N) is 1. The molecule has 0 spiro atoms. The lowest BCUT2D eigenvalue weighted by molar-refractivity contribution is -0.116. The number of anilines is 1. The average molecular weight is 350 g/mol. The van der Waals surface area contributed by atoms with Crippen LogP contribution in [0.4, 0.5) is 5.69 Å². The molecule has 0 radical (unpaired) electrons. The van der Waals surface area contributed by atoms with Crippen LogP contribution in [0.5, 0.6) is 0 Å². The first-order valence-electron chi connectivity index (χ1n) is 6.96. The van der Waals surface area contributed by atoms with Crippen molar-refractivity contribution in [1.29, 1.82) is 0 Å². The van der Waals surface area contributed by atoms with Crippen molar-refractivity contribution in [3.63, 3.8) is 0 Å². The van der Waals surface area contributed by atoms with Crippen LogP contribution in [0.25, 0.3) is 0 Å². The van der Waals surface area contributed by atoms with Crippen molar-refractivity contribution in [2.24, 2.45) is 0 Å². The van der Waals surface area contributed by atoms with Gasteiger partial charge in [-0.2, -0.15) is 5.10 Å². The molecule has 1 aromatic carbocycles. The minimum absolute atomic E-state index is 0.00460. The highest BCUT2D eigenvalue weighted by molar-refractivity contribution is 9.10. The summed E-state index contributed by atoms with van der Waals surface area (Å²) in [7, 11) is 0. The third-order valence-corrected chi connectivity index (χ3v) is 4.24. The van der Waals surface area contributed by atoms with Gasteiger partial charge in [-0.25, -0.2) is 0 Å². The van der Waals surface area contributed by atoms with Crippen molar-refractivity contribution in [2.45, 2.75) is 40.2 Å². The van der Waals surface area contributed by atoms with Gasteiger partial charge in [-0.05, 0) is 57.5 Å². The monoisotopic (exact) mass is 349 g/mol. The van der Waals surface area contributed by atoms with Crippen molar-refractivity contribution in [3.05, 3.63) is 45.7 Å². The number of carbonyl (C=O) groups is 1. The van der Waals surface area contributed by atoms with Crippen molar-refractivity contribution in [1.82, 2.24) is 9.78 Å². The maximum Gasteiger partial charge on any atom is 0.226 e. The predicted octanol–water partition coefficient (Wildman–Crippen LogP) is 4.16. The summed E-state index contributed by atoms with van der Waals surface area (Å²) in [5.41, 5.74) is 4.14. The van der Waals surface area contributed by atoms with Gasteiger partial charge in [0.25, 0.3) is 0 Å². The molecule has 1 heterocycles. The summed E-state index contributed by atoms with van der Waals surface area (Å²) < 4.78 is 2.93. The molecule has 1 N–H and O–H groups in total. The SMILES string of the molecule is Cc1nn([C@@H](C)CC(=O)Nc2ccc(Br)cc2)c(C)c1C. The summed E-state index contributed by atoms with van der Waals surface area (Å²) in [6.07, 6.45) is 0.400. The maximum absolute atomic E-state index is 12.1. The lowest BCUT2D eigenvalue weighted by Gasteiger charge is -2.14. The van der Waals surface area contributed by atoms with E-state index in [4.69, 9.17) is 0 Å². The second-order valence-corrected chi connectivity index (χ2v) is 6.26. The molecule has 0 bridgehead atoms. The number of halogens is 1. The van der Waals surface area contributed by atoms with Gasteiger partial charge >= 0.3 is 0 Å². The number of aryl methyl sites for hydroxylation is 1. The molecular weight excluding hydrogens is 330 g/mol. The molecule has 1 amide bonds. The average Bonchev–Trinajstić information content (AvgIpc) is 2.69. The van der Waals surface area contributed by atoms with Gasteiger partial charge in [-0.1, -0.05) is 15.9 Å². The van der Waals surface area contributed by atoms with Crippen LogP contribution in [-0.2, 0) is 4.79 Å². The van der Waals surface area contributed by atoms with E-state index in [9.17, 15) is 4.79 Å². The van der Waals surface area contributed by atoms with Gasteiger partial charge in [0, 0.05) is 22.3 Å². The molecule has 5 heteroatoms. The van der Waals surface area contributed by atoms with Gasteiger partial charge in [-0.15, -0.1) is 0 Å². The summed E-state index contributed by atoms with van der Waals surface area (Å²) in [6.45, 7) is 8.11. The molecule has 112 valence electrons. The van der Waals surface area contributed by atoms with E-state index in [0.29, 0.717) is 6.42 Å². The van der Waals surface area contributed by atoms with E-state index in [1.165, 1.54) is 5.56 Å². The number of amides is 1. The molecule has 4 nitrogen and oxygen atoms in total. The number of aromatic nitrogens is 2. The van der Waals surface area contributed by atoms with E-state index in [0.717, 1.165) is 21.5 Å². The number of hydrogen-bond donors (Lipinski definition) is 1. The lowest BCUT2D eigenvalue weighted by Crippen LogP contribution is -2.19. The van der Waals surface area contributed by atoms with Crippen molar-refractivity contribution >= 4 is 27.5 Å². The van der Waals surface area contributed by atoms with E-state index in [1.807, 2.05) is 49.7 Å². The fourth-order valence-electron chi connectivity index (χ4n) is 2.27. The highest BCUT2D eigenvalue weighted by atomic mass is 79.9. The first kappa shape index (κ1) is 15.8. The molecule has 0 fully saturated rings. The van der Waals surface area contributed by atoms with Crippen molar-refractivity contribution < 1.29 is 4.79 Å². The molecule has 0 saturated heterocycles. The van der Waals surface area contributed by atoms with E-state index < -0.39 is 0 Å². The van der Waals surface area contributed by atoms with Crippen molar-refractivity contribution in [2.75, 3.05) is 5.32 Å². The van der Waals surface area contributed by atoms with Crippen molar-refractivity contribution in [3.8, 4) is 0 Å². The molecular formula is C16H20BrN3O. The maximum atomic E-state index is 12.1. The summed E-state index contributed by atoms with van der Waals surface area (Å²) >= 11 is 3.38. The van der Waals surface area contributed by atoms with Crippen LogP contribution in [0.15, 0.2) is 28.7 Å². The van der Waals surface area contributed by atoms with Crippen LogP contribution >= 0.6 is 15.9 Å². The molecule has 0 aliphatic rings. The summed E-state index contributed by atoms with van der Waals surface area (Å²) in [5.74, 6) is -0.00460. The van der Waals surface area contributed by atoms with E-state index in [-0.39, 0.29) is 11.9 Å². The van der Waals surface area contributed by atoms with Crippen LogP contribution in [0.2, 0.25) is 0 Å². The molecule has 21 heavy (non-hydrogen) atoms. The van der Waals surface area contributed by atoms with Gasteiger partial charge in [-0.3, -0.25) is 9.48 Å². The molecule has 0 aliphatic heterocycles. The van der Waals surface area contributed by atoms with E-state index in [1.54, 1.807) is 0 Å². The van der Waals surface area contributed by atoms with Crippen LogP contribution in [-0.4, -0.2) is 15.7 Å². The second kappa shape index (κ2) is 6.43. The Morgan fingerprint density at radius 3 is 2.43 bits per heavy atom. The van der Waals surface area contributed by atoms with Gasteiger partial charge in [0.2, 0.25) is 5.91 Å². The number of benzene rings is 1. The first-order valence-corrected chi connectivity index (χ1v) is 7.75. The van der Waals surface area contributed by atoms with Crippen LogP contribution < -0.4 is 5.32 Å². The van der Waals surface area contributed by atoms with Gasteiger partial charge in [0.1, 0.15) is 0 Å².